The summed E-state index contributed by atoms with van der Waals surface area (Å²) >= 11 is 17.4. The number of halogens is 10. The maximum absolute atomic E-state index is 14.5. The molecular weight excluding hydrogens is 564 g/mol. The molecule has 2 N–H and O–H groups in total. The van der Waals surface area contributed by atoms with E-state index in [9.17, 15) is 40.3 Å². The van der Waals surface area contributed by atoms with Crippen LogP contribution in [0.15, 0.2) is 36.4 Å². The van der Waals surface area contributed by atoms with Gasteiger partial charge in [-0.05, 0) is 42.3 Å². The van der Waals surface area contributed by atoms with Crippen molar-refractivity contribution < 1.29 is 40.3 Å². The normalized spacial score (nSPS) is 14.0. The number of hydrogen-bond donors (Lipinski definition) is 2. The first-order valence-corrected chi connectivity index (χ1v) is 11.0. The van der Waals surface area contributed by atoms with Gasteiger partial charge in [-0.15, -0.1) is 0 Å². The monoisotopic (exact) mass is 578 g/mol. The van der Waals surface area contributed by atoms with Crippen LogP contribution in [-0.2, 0) is 4.79 Å². The van der Waals surface area contributed by atoms with Crippen LogP contribution < -0.4 is 10.6 Å². The fourth-order valence-corrected chi connectivity index (χ4v) is 3.48. The van der Waals surface area contributed by atoms with E-state index in [2.05, 4.69) is 0 Å². The maximum Gasteiger partial charge on any atom is 0.405 e. The van der Waals surface area contributed by atoms with E-state index in [0.29, 0.717) is 0 Å². The Hall–Kier alpha value is -2.50. The van der Waals surface area contributed by atoms with Crippen LogP contribution in [0.2, 0.25) is 15.1 Å². The van der Waals surface area contributed by atoms with E-state index < -0.39 is 54.1 Å². The summed E-state index contributed by atoms with van der Waals surface area (Å²) in [7, 11) is 0. The van der Waals surface area contributed by atoms with Crippen LogP contribution in [0.1, 0.15) is 34.3 Å². The number of carbonyl (C=O) groups excluding carboxylic acids is 2. The van der Waals surface area contributed by atoms with Crippen LogP contribution in [-0.4, -0.2) is 36.8 Å². The fraction of sp³-hybridized carbons (Fsp3) is 0.273. The van der Waals surface area contributed by atoms with Crippen LogP contribution in [0, 0.1) is 5.82 Å². The second-order valence-corrected chi connectivity index (χ2v) is 8.64. The summed E-state index contributed by atoms with van der Waals surface area (Å²) in [6, 6.07) is 3.43. The van der Waals surface area contributed by atoms with Crippen molar-refractivity contribution in [2.24, 2.45) is 0 Å². The highest BCUT2D eigenvalue weighted by Gasteiger charge is 2.39. The largest absolute Gasteiger partial charge is 0.405 e. The molecule has 0 radical (unpaired) electrons. The molecule has 2 aromatic carbocycles. The van der Waals surface area contributed by atoms with Crippen LogP contribution in [0.5, 0.6) is 0 Å². The van der Waals surface area contributed by atoms with Gasteiger partial charge in [-0.1, -0.05) is 53.0 Å². The third-order valence-corrected chi connectivity index (χ3v) is 5.84. The highest BCUT2D eigenvalue weighted by atomic mass is 35.5. The minimum atomic E-state index is -4.77. The number of rotatable bonds is 7. The van der Waals surface area contributed by atoms with Crippen molar-refractivity contribution >= 4 is 52.7 Å². The van der Waals surface area contributed by atoms with Crippen molar-refractivity contribution in [1.82, 2.24) is 10.6 Å². The first-order valence-electron chi connectivity index (χ1n) is 9.84. The Bertz CT molecular complexity index is 1140. The van der Waals surface area contributed by atoms with Crippen molar-refractivity contribution in [3.8, 4) is 0 Å². The van der Waals surface area contributed by atoms with Gasteiger partial charge in [0.2, 0.25) is 5.91 Å². The Kier molecular flexibility index (Phi) is 9.66. The lowest BCUT2D eigenvalue weighted by atomic mass is 9.97. The molecule has 2 aromatic rings. The molecular formula is C22H16Cl3F7N2O2. The van der Waals surface area contributed by atoms with Crippen molar-refractivity contribution in [2.75, 3.05) is 6.54 Å². The van der Waals surface area contributed by atoms with Gasteiger partial charge in [0, 0.05) is 0 Å². The zero-order valence-electron chi connectivity index (χ0n) is 18.0. The fourth-order valence-electron chi connectivity index (χ4n) is 2.87. The van der Waals surface area contributed by atoms with Gasteiger partial charge in [0.05, 0.1) is 26.5 Å². The lowest BCUT2D eigenvalue weighted by Gasteiger charge is -2.18. The molecule has 0 saturated carbocycles. The standard InChI is InChI=1S/C22H16Cl3F7N2O2/c1-10(19(35)33-9-21(27,28)29)34-20(36)13-4-2-11(6-17(13)26)3-5-14(22(30,31)32)12-7-15(23)18(25)16(24)8-12/h2-8,10,14H,9H2,1H3,(H,33,35)(H,34,36)/b5-3-/t10-,14?/m1/s1. The second-order valence-electron chi connectivity index (χ2n) is 7.44. The van der Waals surface area contributed by atoms with Crippen molar-refractivity contribution in [3.63, 3.8) is 0 Å². The number of benzene rings is 2. The maximum atomic E-state index is 14.5. The number of nitrogens with one attached hydrogen (secondary N) is 2. The van der Waals surface area contributed by atoms with E-state index >= 15 is 0 Å². The zero-order valence-corrected chi connectivity index (χ0v) is 20.3. The summed E-state index contributed by atoms with van der Waals surface area (Å²) in [6.07, 6.45) is -7.73. The molecule has 0 aliphatic heterocycles. The minimum Gasteiger partial charge on any atom is -0.345 e. The summed E-state index contributed by atoms with van der Waals surface area (Å²) in [5.74, 6) is -5.58. The Morgan fingerprint density at radius 3 is 2.08 bits per heavy atom. The van der Waals surface area contributed by atoms with Gasteiger partial charge >= 0.3 is 12.4 Å². The predicted octanol–water partition coefficient (Wildman–Crippen LogP) is 6.94. The van der Waals surface area contributed by atoms with Gasteiger partial charge in [0.25, 0.3) is 5.91 Å². The van der Waals surface area contributed by atoms with Crippen molar-refractivity contribution in [1.29, 1.82) is 0 Å². The lowest BCUT2D eigenvalue weighted by Crippen LogP contribution is -2.47. The van der Waals surface area contributed by atoms with Gasteiger partial charge in [0.1, 0.15) is 18.4 Å². The average molecular weight is 580 g/mol. The van der Waals surface area contributed by atoms with Gasteiger partial charge in [-0.25, -0.2) is 4.39 Å². The molecule has 0 aromatic heterocycles. The van der Waals surface area contributed by atoms with E-state index in [1.54, 1.807) is 5.32 Å². The summed E-state index contributed by atoms with van der Waals surface area (Å²) in [6.45, 7) is -0.528. The van der Waals surface area contributed by atoms with E-state index in [0.717, 1.165) is 49.4 Å². The van der Waals surface area contributed by atoms with E-state index in [-0.39, 0.29) is 26.2 Å². The highest BCUT2D eigenvalue weighted by Crippen LogP contribution is 2.41. The molecule has 196 valence electrons. The molecule has 2 amide bonds. The summed E-state index contributed by atoms with van der Waals surface area (Å²) < 4.78 is 91.9. The SMILES string of the molecule is C[C@@H](NC(=O)c1ccc(/C=C\C(c2cc(Cl)c(Cl)c(Cl)c2)C(F)(F)F)cc1F)C(=O)NCC(F)(F)F. The third kappa shape index (κ3) is 8.28. The van der Waals surface area contributed by atoms with Gasteiger partial charge in [0.15, 0.2) is 0 Å². The smallest absolute Gasteiger partial charge is 0.345 e. The van der Waals surface area contributed by atoms with E-state index in [4.69, 9.17) is 34.8 Å². The minimum absolute atomic E-state index is 0.0413. The topological polar surface area (TPSA) is 58.2 Å². The lowest BCUT2D eigenvalue weighted by molar-refractivity contribution is -0.139. The van der Waals surface area contributed by atoms with Gasteiger partial charge < -0.3 is 10.6 Å². The first-order chi connectivity index (χ1) is 16.5. The molecule has 4 nitrogen and oxygen atoms in total. The van der Waals surface area contributed by atoms with E-state index in [1.807, 2.05) is 5.32 Å². The molecule has 0 aliphatic carbocycles. The molecule has 14 heteroatoms. The average Bonchev–Trinajstić information content (AvgIpc) is 2.74. The molecule has 0 spiro atoms. The third-order valence-electron chi connectivity index (χ3n) is 4.64. The molecule has 0 heterocycles. The second kappa shape index (κ2) is 11.7. The predicted molar refractivity (Wildman–Crippen MR) is 122 cm³/mol. The molecule has 0 bridgehead atoms. The summed E-state index contributed by atoms with van der Waals surface area (Å²) in [4.78, 5) is 23.9. The Balaban J connectivity index is 2.19. The zero-order chi connectivity index (χ0) is 27.4. The molecule has 0 fully saturated rings. The highest BCUT2D eigenvalue weighted by molar-refractivity contribution is 6.48. The summed E-state index contributed by atoms with van der Waals surface area (Å²) in [5.41, 5.74) is -0.931. The Labute approximate surface area is 215 Å². The van der Waals surface area contributed by atoms with Crippen LogP contribution >= 0.6 is 34.8 Å². The molecule has 0 aliphatic rings. The number of hydrogen-bond acceptors (Lipinski definition) is 2. The van der Waals surface area contributed by atoms with Crippen molar-refractivity contribution in [3.05, 3.63) is 74.0 Å². The molecule has 2 atom stereocenters. The van der Waals surface area contributed by atoms with Gasteiger partial charge in [-0.3, -0.25) is 9.59 Å². The Morgan fingerprint density at radius 2 is 1.58 bits per heavy atom. The molecule has 2 rings (SSSR count). The van der Waals surface area contributed by atoms with E-state index in [1.165, 1.54) is 0 Å². The quantitative estimate of drug-likeness (QED) is 0.276. The van der Waals surface area contributed by atoms with Crippen LogP contribution in [0.25, 0.3) is 6.08 Å². The molecule has 0 saturated heterocycles. The summed E-state index contributed by atoms with van der Waals surface area (Å²) in [5, 5.41) is 3.11. The number of amides is 2. The molecule has 1 unspecified atom stereocenters. The Morgan fingerprint density at radius 1 is 1.00 bits per heavy atom. The first kappa shape index (κ1) is 29.7. The number of carbonyl (C=O) groups is 2. The van der Waals surface area contributed by atoms with Crippen LogP contribution in [0.3, 0.4) is 0 Å². The van der Waals surface area contributed by atoms with Gasteiger partial charge in [-0.2, -0.15) is 26.3 Å². The molecule has 36 heavy (non-hydrogen) atoms. The van der Waals surface area contributed by atoms with Crippen molar-refractivity contribution in [2.45, 2.75) is 31.2 Å². The van der Waals surface area contributed by atoms with Crippen LogP contribution in [0.4, 0.5) is 30.7 Å². The number of alkyl halides is 6. The number of allylic oxidation sites excluding steroid dienone is 1.